The number of hydrogen-bond acceptors (Lipinski definition) is 7. The van der Waals surface area contributed by atoms with Crippen molar-refractivity contribution in [2.75, 3.05) is 5.32 Å². The summed E-state index contributed by atoms with van der Waals surface area (Å²) in [6.45, 7) is 1.91. The second-order valence-electron chi connectivity index (χ2n) is 5.82. The van der Waals surface area contributed by atoms with Crippen molar-refractivity contribution in [3.8, 4) is 6.07 Å². The van der Waals surface area contributed by atoms with E-state index in [0.29, 0.717) is 16.1 Å². The van der Waals surface area contributed by atoms with E-state index in [4.69, 9.17) is 5.26 Å². The van der Waals surface area contributed by atoms with Crippen molar-refractivity contribution in [1.82, 2.24) is 20.6 Å². The molecule has 0 spiro atoms. The van der Waals surface area contributed by atoms with Gasteiger partial charge in [-0.1, -0.05) is 29.8 Å². The third-order valence-corrected chi connectivity index (χ3v) is 5.48. The lowest BCUT2D eigenvalue weighted by molar-refractivity contribution is 0.595. The van der Waals surface area contributed by atoms with Gasteiger partial charge in [0.2, 0.25) is 5.82 Å². The molecular formula is C18H16N6O2S. The molecule has 3 aromatic rings. The van der Waals surface area contributed by atoms with Crippen molar-refractivity contribution in [3.05, 3.63) is 71.7 Å². The molecule has 0 saturated carbocycles. The van der Waals surface area contributed by atoms with Crippen LogP contribution in [0.5, 0.6) is 0 Å². The molecule has 0 unspecified atom stereocenters. The van der Waals surface area contributed by atoms with Crippen molar-refractivity contribution < 1.29 is 8.42 Å². The van der Waals surface area contributed by atoms with E-state index in [1.165, 1.54) is 6.20 Å². The fourth-order valence-corrected chi connectivity index (χ4v) is 3.67. The van der Waals surface area contributed by atoms with Crippen LogP contribution < -0.4 is 5.32 Å². The van der Waals surface area contributed by atoms with Gasteiger partial charge in [0.15, 0.2) is 9.84 Å². The fraction of sp³-hybridized carbons (Fsp3) is 0.111. The minimum atomic E-state index is -3.40. The summed E-state index contributed by atoms with van der Waals surface area (Å²) < 4.78 is 25.0. The Kier molecular flexibility index (Phi) is 5.28. The predicted octanol–water partition coefficient (Wildman–Crippen LogP) is 2.46. The molecular weight excluding hydrogens is 364 g/mol. The van der Waals surface area contributed by atoms with E-state index in [-0.39, 0.29) is 17.2 Å². The molecule has 0 atom stereocenters. The Labute approximate surface area is 156 Å². The highest BCUT2D eigenvalue weighted by Crippen LogP contribution is 2.19. The summed E-state index contributed by atoms with van der Waals surface area (Å²) >= 11 is 0. The summed E-state index contributed by atoms with van der Waals surface area (Å²) in [5.41, 5.74) is 2.59. The maximum Gasteiger partial charge on any atom is 0.216 e. The Hall–Kier alpha value is -3.51. The standard InChI is InChI=1S/C18H16N6O2S/c1-13-2-8-17(9-3-13)27(25,26)12-14-4-6-16(7-5-14)20-11-15(10-19)18-21-23-24-22-18/h2-9,11,20H,12H2,1H3,(H,21,22,23,24). The normalized spacial score (nSPS) is 11.8. The van der Waals surface area contributed by atoms with Gasteiger partial charge in [0, 0.05) is 11.9 Å². The van der Waals surface area contributed by atoms with Crippen molar-refractivity contribution in [2.45, 2.75) is 17.6 Å². The van der Waals surface area contributed by atoms with E-state index in [1.54, 1.807) is 48.5 Å². The molecule has 0 bridgehead atoms. The Morgan fingerprint density at radius 1 is 1.19 bits per heavy atom. The predicted molar refractivity (Wildman–Crippen MR) is 99.9 cm³/mol. The number of aryl methyl sites for hydroxylation is 1. The van der Waals surface area contributed by atoms with E-state index >= 15 is 0 Å². The Morgan fingerprint density at radius 2 is 1.89 bits per heavy atom. The van der Waals surface area contributed by atoms with Crippen molar-refractivity contribution in [1.29, 1.82) is 5.26 Å². The first-order valence-electron chi connectivity index (χ1n) is 7.97. The van der Waals surface area contributed by atoms with Crippen molar-refractivity contribution in [3.63, 3.8) is 0 Å². The number of hydrogen-bond donors (Lipinski definition) is 2. The number of sulfone groups is 1. The van der Waals surface area contributed by atoms with Crippen LogP contribution in [0.4, 0.5) is 5.69 Å². The summed E-state index contributed by atoms with van der Waals surface area (Å²) in [6.07, 6.45) is 1.46. The minimum Gasteiger partial charge on any atom is -0.360 e. The van der Waals surface area contributed by atoms with Crippen LogP contribution in [0.2, 0.25) is 0 Å². The molecule has 0 aliphatic carbocycles. The van der Waals surface area contributed by atoms with E-state index in [9.17, 15) is 8.42 Å². The first-order chi connectivity index (χ1) is 13.0. The number of rotatable bonds is 6. The van der Waals surface area contributed by atoms with Gasteiger partial charge < -0.3 is 5.32 Å². The second-order valence-corrected chi connectivity index (χ2v) is 7.81. The molecule has 136 valence electrons. The number of H-pyrrole nitrogens is 1. The molecule has 9 heteroatoms. The van der Waals surface area contributed by atoms with Crippen molar-refractivity contribution >= 4 is 21.1 Å². The van der Waals surface area contributed by atoms with Crippen LogP contribution in [0.3, 0.4) is 0 Å². The molecule has 1 heterocycles. The summed E-state index contributed by atoms with van der Waals surface area (Å²) in [5, 5.41) is 25.3. The average molecular weight is 380 g/mol. The molecule has 0 aliphatic heterocycles. The van der Waals surface area contributed by atoms with Gasteiger partial charge in [0.25, 0.3) is 0 Å². The lowest BCUT2D eigenvalue weighted by Crippen LogP contribution is -2.05. The molecule has 0 amide bonds. The van der Waals surface area contributed by atoms with Crippen LogP contribution in [0.1, 0.15) is 17.0 Å². The highest BCUT2D eigenvalue weighted by Gasteiger charge is 2.15. The van der Waals surface area contributed by atoms with Gasteiger partial charge in [0.1, 0.15) is 11.6 Å². The molecule has 27 heavy (non-hydrogen) atoms. The number of tetrazole rings is 1. The molecule has 0 radical (unpaired) electrons. The first-order valence-corrected chi connectivity index (χ1v) is 9.62. The zero-order chi connectivity index (χ0) is 19.3. The zero-order valence-electron chi connectivity index (χ0n) is 14.4. The lowest BCUT2D eigenvalue weighted by atomic mass is 10.2. The second kappa shape index (κ2) is 7.80. The number of nitriles is 1. The molecule has 0 saturated heterocycles. The van der Waals surface area contributed by atoms with Gasteiger partial charge >= 0.3 is 0 Å². The number of aromatic nitrogens is 4. The first kappa shape index (κ1) is 18.3. The lowest BCUT2D eigenvalue weighted by Gasteiger charge is -2.07. The van der Waals surface area contributed by atoms with Crippen LogP contribution in [0, 0.1) is 18.3 Å². The molecule has 3 rings (SSSR count). The average Bonchev–Trinajstić information content (AvgIpc) is 3.18. The van der Waals surface area contributed by atoms with E-state index < -0.39 is 9.84 Å². The number of aromatic amines is 1. The molecule has 0 fully saturated rings. The number of anilines is 1. The third kappa shape index (κ3) is 4.56. The smallest absolute Gasteiger partial charge is 0.216 e. The van der Waals surface area contributed by atoms with Crippen molar-refractivity contribution in [2.24, 2.45) is 0 Å². The number of nitrogens with one attached hydrogen (secondary N) is 2. The summed E-state index contributed by atoms with van der Waals surface area (Å²) in [5.74, 6) is 0.101. The van der Waals surface area contributed by atoms with Gasteiger partial charge in [-0.25, -0.2) is 8.42 Å². The monoisotopic (exact) mass is 380 g/mol. The summed E-state index contributed by atoms with van der Waals surface area (Å²) in [6, 6.07) is 15.7. The van der Waals surface area contributed by atoms with Crippen LogP contribution in [-0.2, 0) is 15.6 Å². The maximum atomic E-state index is 12.5. The largest absolute Gasteiger partial charge is 0.360 e. The summed E-state index contributed by atoms with van der Waals surface area (Å²) in [7, 11) is -3.40. The number of allylic oxidation sites excluding steroid dienone is 1. The van der Waals surface area contributed by atoms with Crippen LogP contribution >= 0.6 is 0 Å². The molecule has 8 nitrogen and oxygen atoms in total. The number of benzene rings is 2. The minimum absolute atomic E-state index is 0.0848. The van der Waals surface area contributed by atoms with Gasteiger partial charge in [-0.05, 0) is 42.0 Å². The Morgan fingerprint density at radius 3 is 2.48 bits per heavy atom. The zero-order valence-corrected chi connectivity index (χ0v) is 15.2. The van der Waals surface area contributed by atoms with Gasteiger partial charge in [0.05, 0.1) is 10.6 Å². The highest BCUT2D eigenvalue weighted by atomic mass is 32.2. The van der Waals surface area contributed by atoms with Crippen LogP contribution in [0.15, 0.2) is 59.6 Å². The SMILES string of the molecule is Cc1ccc(S(=O)(=O)Cc2ccc(NC=C(C#N)c3nn[nH]n3)cc2)cc1. The quantitative estimate of drug-likeness (QED) is 0.629. The summed E-state index contributed by atoms with van der Waals surface area (Å²) in [4.78, 5) is 0.303. The maximum absolute atomic E-state index is 12.5. The van der Waals surface area contributed by atoms with Gasteiger partial charge in [-0.15, -0.1) is 10.2 Å². The van der Waals surface area contributed by atoms with E-state index in [2.05, 4.69) is 25.9 Å². The van der Waals surface area contributed by atoms with E-state index in [0.717, 1.165) is 5.56 Å². The molecule has 1 aromatic heterocycles. The fourth-order valence-electron chi connectivity index (χ4n) is 2.32. The molecule has 2 aromatic carbocycles. The Bertz CT molecular complexity index is 1080. The topological polar surface area (TPSA) is 124 Å². The molecule has 0 aliphatic rings. The highest BCUT2D eigenvalue weighted by molar-refractivity contribution is 7.90. The molecule has 2 N–H and O–H groups in total. The van der Waals surface area contributed by atoms with Crippen LogP contribution in [-0.4, -0.2) is 29.0 Å². The van der Waals surface area contributed by atoms with E-state index in [1.807, 2.05) is 13.0 Å². The number of nitrogens with zero attached hydrogens (tertiary/aromatic N) is 4. The Balaban J connectivity index is 1.70. The van der Waals surface area contributed by atoms with Gasteiger partial charge in [-0.2, -0.15) is 10.5 Å². The van der Waals surface area contributed by atoms with Crippen LogP contribution in [0.25, 0.3) is 5.57 Å². The third-order valence-electron chi connectivity index (χ3n) is 3.78. The van der Waals surface area contributed by atoms with Gasteiger partial charge in [-0.3, -0.25) is 0 Å².